The average molecular weight is 215 g/mol. The number of carbonyl (C=O) groups is 1. The van der Waals surface area contributed by atoms with E-state index in [1.165, 1.54) is 0 Å². The third-order valence-electron chi connectivity index (χ3n) is 2.33. The van der Waals surface area contributed by atoms with Crippen molar-refractivity contribution in [3.63, 3.8) is 0 Å². The summed E-state index contributed by atoms with van der Waals surface area (Å²) in [6.45, 7) is 11.2. The molecule has 3 nitrogen and oxygen atoms in total. The maximum absolute atomic E-state index is 11.3. The molecule has 3 heteroatoms. The minimum Gasteiger partial charge on any atom is -0.446 e. The Hall–Kier alpha value is -0.730. The number of nitrogens with one attached hydrogen (secondary N) is 1. The van der Waals surface area contributed by atoms with Crippen LogP contribution in [0, 0.1) is 5.41 Å². The molecule has 0 radical (unpaired) electrons. The Labute approximate surface area is 93.6 Å². The van der Waals surface area contributed by atoms with Gasteiger partial charge in [-0.25, -0.2) is 4.79 Å². The number of hydrogen-bond donors (Lipinski definition) is 1. The maximum atomic E-state index is 11.3. The second kappa shape index (κ2) is 6.70. The maximum Gasteiger partial charge on any atom is 0.407 e. The van der Waals surface area contributed by atoms with E-state index in [1.807, 2.05) is 13.8 Å². The first-order chi connectivity index (χ1) is 6.89. The minimum atomic E-state index is -0.284. The van der Waals surface area contributed by atoms with Crippen LogP contribution in [0.3, 0.4) is 0 Å². The molecule has 0 aromatic heterocycles. The Morgan fingerprint density at radius 1 is 1.27 bits per heavy atom. The lowest BCUT2D eigenvalue weighted by Crippen LogP contribution is -2.30. The molecule has 0 aliphatic carbocycles. The summed E-state index contributed by atoms with van der Waals surface area (Å²) in [6.07, 6.45) is 2.49. The molecular formula is C12H25NO2. The fourth-order valence-electron chi connectivity index (χ4n) is 1.19. The van der Waals surface area contributed by atoms with Gasteiger partial charge in [0.2, 0.25) is 0 Å². The molecule has 0 aromatic rings. The molecule has 0 aromatic carbocycles. The van der Waals surface area contributed by atoms with E-state index >= 15 is 0 Å². The number of amides is 1. The first-order valence-electron chi connectivity index (χ1n) is 5.83. The molecular weight excluding hydrogens is 190 g/mol. The van der Waals surface area contributed by atoms with Crippen molar-refractivity contribution in [2.45, 2.75) is 60.0 Å². The minimum absolute atomic E-state index is 0.0552. The lowest BCUT2D eigenvalue weighted by atomic mass is 9.92. The lowest BCUT2D eigenvalue weighted by molar-refractivity contribution is 0.0923. The largest absolute Gasteiger partial charge is 0.446 e. The zero-order valence-electron chi connectivity index (χ0n) is 10.7. The van der Waals surface area contributed by atoms with E-state index in [4.69, 9.17) is 4.74 Å². The molecule has 15 heavy (non-hydrogen) atoms. The molecule has 0 aliphatic rings. The van der Waals surface area contributed by atoms with Gasteiger partial charge in [0, 0.05) is 6.54 Å². The van der Waals surface area contributed by atoms with E-state index in [9.17, 15) is 4.79 Å². The van der Waals surface area contributed by atoms with Gasteiger partial charge in [-0.3, -0.25) is 0 Å². The Morgan fingerprint density at radius 3 is 2.20 bits per heavy atom. The Bertz CT molecular complexity index is 181. The van der Waals surface area contributed by atoms with Gasteiger partial charge in [-0.05, 0) is 24.7 Å². The number of carbonyl (C=O) groups excluding carboxylic acids is 1. The quantitative estimate of drug-likeness (QED) is 0.764. The zero-order chi connectivity index (χ0) is 11.9. The number of rotatable bonds is 5. The molecule has 0 rings (SSSR count). The van der Waals surface area contributed by atoms with Crippen molar-refractivity contribution >= 4 is 6.09 Å². The van der Waals surface area contributed by atoms with E-state index in [2.05, 4.69) is 26.1 Å². The monoisotopic (exact) mass is 215 g/mol. The van der Waals surface area contributed by atoms with Crippen molar-refractivity contribution in [1.29, 1.82) is 0 Å². The van der Waals surface area contributed by atoms with Crippen LogP contribution >= 0.6 is 0 Å². The Kier molecular flexibility index (Phi) is 6.37. The van der Waals surface area contributed by atoms with Crippen LogP contribution in [0.2, 0.25) is 0 Å². The van der Waals surface area contributed by atoms with Crippen molar-refractivity contribution in [1.82, 2.24) is 5.32 Å². The summed E-state index contributed by atoms with van der Waals surface area (Å²) >= 11 is 0. The summed E-state index contributed by atoms with van der Waals surface area (Å²) < 4.78 is 5.21. The van der Waals surface area contributed by atoms with Gasteiger partial charge in [-0.1, -0.05) is 34.6 Å². The van der Waals surface area contributed by atoms with Crippen LogP contribution in [0.1, 0.15) is 53.9 Å². The summed E-state index contributed by atoms with van der Waals surface area (Å²) in [5.74, 6) is 0. The zero-order valence-corrected chi connectivity index (χ0v) is 10.7. The van der Waals surface area contributed by atoms with E-state index in [-0.39, 0.29) is 17.6 Å². The Balaban J connectivity index is 3.66. The van der Waals surface area contributed by atoms with Crippen molar-refractivity contribution in [3.8, 4) is 0 Å². The highest BCUT2D eigenvalue weighted by molar-refractivity contribution is 5.67. The molecule has 1 amide bonds. The van der Waals surface area contributed by atoms with Crippen molar-refractivity contribution < 1.29 is 9.53 Å². The van der Waals surface area contributed by atoms with Gasteiger partial charge in [-0.2, -0.15) is 0 Å². The van der Waals surface area contributed by atoms with Crippen LogP contribution < -0.4 is 5.32 Å². The van der Waals surface area contributed by atoms with Crippen molar-refractivity contribution in [2.75, 3.05) is 6.54 Å². The summed E-state index contributed by atoms with van der Waals surface area (Å²) in [5.41, 5.74) is 0.252. The lowest BCUT2D eigenvalue weighted by Gasteiger charge is -2.19. The normalized spacial score (nSPS) is 11.6. The highest BCUT2D eigenvalue weighted by atomic mass is 16.6. The molecule has 0 bridgehead atoms. The number of alkyl carbamates (subject to hydrolysis) is 1. The van der Waals surface area contributed by atoms with Crippen LogP contribution in [0.25, 0.3) is 0 Å². The van der Waals surface area contributed by atoms with Crippen LogP contribution in [-0.4, -0.2) is 18.7 Å². The summed E-state index contributed by atoms with van der Waals surface area (Å²) in [4.78, 5) is 11.3. The smallest absolute Gasteiger partial charge is 0.407 e. The highest BCUT2D eigenvalue weighted by Crippen LogP contribution is 2.16. The van der Waals surface area contributed by atoms with Gasteiger partial charge in [0.15, 0.2) is 0 Å². The first-order valence-corrected chi connectivity index (χ1v) is 5.83. The standard InChI is InChI=1S/C12H25NO2/c1-6-10(7-2)15-11(14)13-9-8-12(3,4)5/h10H,6-9H2,1-5H3,(H,13,14). The average Bonchev–Trinajstić information content (AvgIpc) is 2.12. The molecule has 0 spiro atoms. The highest BCUT2D eigenvalue weighted by Gasteiger charge is 2.12. The van der Waals surface area contributed by atoms with E-state index in [1.54, 1.807) is 0 Å². The van der Waals surface area contributed by atoms with Gasteiger partial charge >= 0.3 is 6.09 Å². The third kappa shape index (κ3) is 8.28. The topological polar surface area (TPSA) is 38.3 Å². The fourth-order valence-corrected chi connectivity index (χ4v) is 1.19. The van der Waals surface area contributed by atoms with Crippen LogP contribution in [0.15, 0.2) is 0 Å². The molecule has 0 saturated carbocycles. The van der Waals surface area contributed by atoms with E-state index in [0.717, 1.165) is 19.3 Å². The van der Waals surface area contributed by atoms with Crippen LogP contribution in [0.4, 0.5) is 4.79 Å². The second-order valence-electron chi connectivity index (χ2n) is 5.08. The molecule has 1 N–H and O–H groups in total. The van der Waals surface area contributed by atoms with Crippen molar-refractivity contribution in [3.05, 3.63) is 0 Å². The molecule has 0 atom stereocenters. The molecule has 0 saturated heterocycles. The third-order valence-corrected chi connectivity index (χ3v) is 2.33. The van der Waals surface area contributed by atoms with Crippen molar-refractivity contribution in [2.24, 2.45) is 5.41 Å². The van der Waals surface area contributed by atoms with E-state index < -0.39 is 0 Å². The molecule has 0 fully saturated rings. The predicted molar refractivity (Wildman–Crippen MR) is 62.9 cm³/mol. The Morgan fingerprint density at radius 2 is 1.80 bits per heavy atom. The fraction of sp³-hybridized carbons (Fsp3) is 0.917. The number of hydrogen-bond acceptors (Lipinski definition) is 2. The van der Waals surface area contributed by atoms with Gasteiger partial charge in [0.25, 0.3) is 0 Å². The number of ether oxygens (including phenoxy) is 1. The van der Waals surface area contributed by atoms with Gasteiger partial charge < -0.3 is 10.1 Å². The molecule has 0 aliphatic heterocycles. The summed E-state index contributed by atoms with van der Waals surface area (Å²) in [7, 11) is 0. The molecule has 0 unspecified atom stereocenters. The molecule has 90 valence electrons. The SMILES string of the molecule is CCC(CC)OC(=O)NCCC(C)(C)C. The van der Waals surface area contributed by atoms with Crippen LogP contribution in [0.5, 0.6) is 0 Å². The predicted octanol–water partition coefficient (Wildman–Crippen LogP) is 3.34. The van der Waals surface area contributed by atoms with Gasteiger partial charge in [-0.15, -0.1) is 0 Å². The van der Waals surface area contributed by atoms with Gasteiger partial charge in [0.05, 0.1) is 0 Å². The van der Waals surface area contributed by atoms with Gasteiger partial charge in [0.1, 0.15) is 6.10 Å². The summed E-state index contributed by atoms with van der Waals surface area (Å²) in [5, 5.41) is 2.78. The summed E-state index contributed by atoms with van der Waals surface area (Å²) in [6, 6.07) is 0. The van der Waals surface area contributed by atoms with E-state index in [0.29, 0.717) is 6.54 Å². The first kappa shape index (κ1) is 14.3. The second-order valence-corrected chi connectivity index (χ2v) is 5.08. The molecule has 0 heterocycles. The van der Waals surface area contributed by atoms with Crippen LogP contribution in [-0.2, 0) is 4.74 Å².